The Balaban J connectivity index is 2.20. The van der Waals surface area contributed by atoms with E-state index < -0.39 is 8.32 Å². The van der Waals surface area contributed by atoms with Crippen LogP contribution in [0.4, 0.5) is 0 Å². The SMILES string of the molecule is CCCCCCCCCCCCCC(=O)NC(CO[Si](c1ccccc1)(c1ccccc1)C(C)(C)C)CN(CCC(CCCCCCC)OC(=O)CCCCCCCCCCC)COC. The number of methoxy groups -OCH3 is 1. The summed E-state index contributed by atoms with van der Waals surface area (Å²) in [5.41, 5.74) is 0. The van der Waals surface area contributed by atoms with Crippen LogP contribution in [0.3, 0.4) is 0 Å². The van der Waals surface area contributed by atoms with E-state index in [0.717, 1.165) is 51.4 Å². The number of amides is 1. The van der Waals surface area contributed by atoms with Gasteiger partial charge in [-0.3, -0.25) is 14.5 Å². The highest BCUT2D eigenvalue weighted by atomic mass is 28.4. The third-order valence-electron chi connectivity index (χ3n) is 13.3. The van der Waals surface area contributed by atoms with Crippen LogP contribution < -0.4 is 15.7 Å². The molecule has 0 aliphatic rings. The Kier molecular flexibility index (Phi) is 33.8. The Morgan fingerprint density at radius 2 is 1.02 bits per heavy atom. The molecule has 2 rings (SSSR count). The number of rotatable bonds is 42. The summed E-state index contributed by atoms with van der Waals surface area (Å²) in [5, 5.41) is 5.73. The van der Waals surface area contributed by atoms with E-state index in [1.165, 1.54) is 132 Å². The maximum Gasteiger partial charge on any atom is 0.306 e. The number of ether oxygens (including phenoxy) is 2. The lowest BCUT2D eigenvalue weighted by Crippen LogP contribution is -2.67. The molecule has 0 radical (unpaired) electrons. The zero-order valence-corrected chi connectivity index (χ0v) is 44.3. The fourth-order valence-electron chi connectivity index (χ4n) is 9.47. The van der Waals surface area contributed by atoms with E-state index in [9.17, 15) is 9.59 Å². The van der Waals surface area contributed by atoms with Gasteiger partial charge in [-0.1, -0.05) is 243 Å². The molecule has 0 fully saturated rings. The van der Waals surface area contributed by atoms with Crippen LogP contribution in [0.1, 0.15) is 228 Å². The third-order valence-corrected chi connectivity index (χ3v) is 18.3. The van der Waals surface area contributed by atoms with E-state index >= 15 is 0 Å². The monoisotopic (exact) mass is 921 g/mol. The number of nitrogens with one attached hydrogen (secondary N) is 1. The molecule has 0 aromatic heterocycles. The van der Waals surface area contributed by atoms with E-state index in [1.54, 1.807) is 7.11 Å². The second-order valence-corrected chi connectivity index (χ2v) is 24.5. The lowest BCUT2D eigenvalue weighted by Gasteiger charge is -2.44. The van der Waals surface area contributed by atoms with Gasteiger partial charge in [0.15, 0.2) is 0 Å². The van der Waals surface area contributed by atoms with Crippen LogP contribution >= 0.6 is 0 Å². The van der Waals surface area contributed by atoms with Crippen molar-refractivity contribution in [2.24, 2.45) is 0 Å². The maximum absolute atomic E-state index is 13.8. The van der Waals surface area contributed by atoms with Gasteiger partial charge in [0.05, 0.1) is 19.4 Å². The van der Waals surface area contributed by atoms with Crippen LogP contribution in [0.25, 0.3) is 0 Å². The lowest BCUT2D eigenvalue weighted by atomic mass is 10.0. The zero-order chi connectivity index (χ0) is 47.3. The number of carbonyl (C=O) groups is 2. The zero-order valence-electron chi connectivity index (χ0n) is 43.3. The smallest absolute Gasteiger partial charge is 0.306 e. The molecule has 0 saturated carbocycles. The number of unbranched alkanes of at least 4 members (excludes halogenated alkanes) is 22. The Morgan fingerprint density at radius 3 is 1.46 bits per heavy atom. The molecule has 1 amide bonds. The highest BCUT2D eigenvalue weighted by Gasteiger charge is 2.50. The Morgan fingerprint density at radius 1 is 0.585 bits per heavy atom. The van der Waals surface area contributed by atoms with Gasteiger partial charge in [-0.2, -0.15) is 0 Å². The van der Waals surface area contributed by atoms with Gasteiger partial charge in [0.1, 0.15) is 6.10 Å². The normalized spacial score (nSPS) is 13.0. The topological polar surface area (TPSA) is 77.1 Å². The molecule has 2 aromatic carbocycles. The molecule has 7 nitrogen and oxygen atoms in total. The van der Waals surface area contributed by atoms with E-state index in [2.05, 4.69) is 112 Å². The van der Waals surface area contributed by atoms with Crippen molar-refractivity contribution >= 4 is 30.6 Å². The number of hydrogen-bond donors (Lipinski definition) is 1. The first-order valence-electron chi connectivity index (χ1n) is 27.1. The molecule has 0 saturated heterocycles. The van der Waals surface area contributed by atoms with E-state index in [-0.39, 0.29) is 29.1 Å². The molecule has 0 spiro atoms. The molecular weight excluding hydrogens is 821 g/mol. The number of benzene rings is 2. The van der Waals surface area contributed by atoms with Crippen molar-refractivity contribution < 1.29 is 23.5 Å². The summed E-state index contributed by atoms with van der Waals surface area (Å²) in [6.07, 6.45) is 33.2. The minimum absolute atomic E-state index is 0.0592. The van der Waals surface area contributed by atoms with Gasteiger partial charge in [-0.25, -0.2) is 0 Å². The second kappa shape index (κ2) is 37.5. The number of carbonyl (C=O) groups excluding carboxylic acids is 2. The first-order chi connectivity index (χ1) is 31.6. The summed E-state index contributed by atoms with van der Waals surface area (Å²) in [5.74, 6) is 0.0285. The molecule has 1 N–H and O–H groups in total. The molecule has 2 unspecified atom stereocenters. The first-order valence-corrected chi connectivity index (χ1v) is 29.0. The summed E-state index contributed by atoms with van der Waals surface area (Å²) in [7, 11) is -1.12. The highest BCUT2D eigenvalue weighted by Crippen LogP contribution is 2.37. The largest absolute Gasteiger partial charge is 0.462 e. The van der Waals surface area contributed by atoms with Gasteiger partial charge in [0.2, 0.25) is 5.91 Å². The van der Waals surface area contributed by atoms with Crippen molar-refractivity contribution in [3.63, 3.8) is 0 Å². The fraction of sp³-hybridized carbons (Fsp3) is 0.754. The third kappa shape index (κ3) is 26.0. The van der Waals surface area contributed by atoms with Crippen LogP contribution in [0.5, 0.6) is 0 Å². The van der Waals surface area contributed by atoms with Crippen molar-refractivity contribution in [1.82, 2.24) is 10.2 Å². The average Bonchev–Trinajstić information content (AvgIpc) is 3.29. The maximum atomic E-state index is 13.8. The van der Waals surface area contributed by atoms with Gasteiger partial charge in [0.25, 0.3) is 8.32 Å². The predicted octanol–water partition coefficient (Wildman–Crippen LogP) is 14.2. The van der Waals surface area contributed by atoms with E-state index in [1.807, 2.05) is 0 Å². The molecule has 2 atom stereocenters. The predicted molar refractivity (Wildman–Crippen MR) is 280 cm³/mol. The van der Waals surface area contributed by atoms with Crippen molar-refractivity contribution in [1.29, 1.82) is 0 Å². The van der Waals surface area contributed by atoms with Crippen LogP contribution in [0, 0.1) is 0 Å². The highest BCUT2D eigenvalue weighted by molar-refractivity contribution is 6.99. The van der Waals surface area contributed by atoms with Gasteiger partial charge < -0.3 is 19.2 Å². The molecular formula is C57H100N2O5Si. The second-order valence-electron chi connectivity index (χ2n) is 20.2. The first kappa shape index (κ1) is 58.6. The molecule has 8 heteroatoms. The lowest BCUT2D eigenvalue weighted by molar-refractivity contribution is -0.150. The Hall–Kier alpha value is -2.52. The summed E-state index contributed by atoms with van der Waals surface area (Å²) >= 11 is 0. The van der Waals surface area contributed by atoms with Crippen LogP contribution in [0.15, 0.2) is 60.7 Å². The van der Waals surface area contributed by atoms with Crippen LogP contribution in [-0.4, -0.2) is 70.8 Å². The fourth-order valence-corrected chi connectivity index (χ4v) is 14.1. The standard InChI is InChI=1S/C57H100N2O5Si/c1-8-11-14-17-19-21-22-24-25-28-37-44-55(60)58-51(49-63-65(57(4,5)6,53-40-33-30-34-41-53)54-42-35-31-36-43-54)48-59(50-62-7)47-46-52(39-32-27-16-13-10-3)64-56(61)45-38-29-26-23-20-18-15-12-9-2/h30-31,33-36,40-43,51-52H,8-29,32,37-39,44-50H2,1-7H3,(H,58,60). The molecule has 65 heavy (non-hydrogen) atoms. The Bertz CT molecular complexity index is 1380. The average molecular weight is 922 g/mol. The van der Waals surface area contributed by atoms with E-state index in [0.29, 0.717) is 39.3 Å². The van der Waals surface area contributed by atoms with Gasteiger partial charge in [-0.05, 0) is 47.5 Å². The van der Waals surface area contributed by atoms with Gasteiger partial charge in [-0.15, -0.1) is 0 Å². The Labute approximate surface area is 401 Å². The van der Waals surface area contributed by atoms with Crippen molar-refractivity contribution in [2.75, 3.05) is 33.5 Å². The van der Waals surface area contributed by atoms with Crippen LogP contribution in [0.2, 0.25) is 5.04 Å². The summed E-state index contributed by atoms with van der Waals surface area (Å²) < 4.78 is 19.5. The number of nitrogens with zero attached hydrogens (tertiary/aromatic N) is 1. The van der Waals surface area contributed by atoms with Gasteiger partial charge >= 0.3 is 5.97 Å². The van der Waals surface area contributed by atoms with Crippen LogP contribution in [-0.2, 0) is 23.5 Å². The summed E-state index contributed by atoms with van der Waals surface area (Å²) in [4.78, 5) is 29.4. The minimum atomic E-state index is -2.85. The summed E-state index contributed by atoms with van der Waals surface area (Å²) in [6, 6.07) is 21.3. The molecule has 372 valence electrons. The van der Waals surface area contributed by atoms with Crippen molar-refractivity contribution in [3.8, 4) is 0 Å². The van der Waals surface area contributed by atoms with Crippen molar-refractivity contribution in [3.05, 3.63) is 60.7 Å². The summed E-state index contributed by atoms with van der Waals surface area (Å²) in [6.45, 7) is 15.8. The molecule has 0 aliphatic heterocycles. The van der Waals surface area contributed by atoms with E-state index in [4.69, 9.17) is 13.9 Å². The minimum Gasteiger partial charge on any atom is -0.462 e. The molecule has 0 bridgehead atoms. The molecule has 0 aliphatic carbocycles. The molecule has 2 aromatic rings. The number of esters is 1. The molecule has 0 heterocycles. The number of hydrogen-bond acceptors (Lipinski definition) is 6. The van der Waals surface area contributed by atoms with Gasteiger partial charge in [0, 0.05) is 33.0 Å². The quantitative estimate of drug-likeness (QED) is 0.0309. The van der Waals surface area contributed by atoms with Crippen molar-refractivity contribution in [2.45, 2.75) is 245 Å².